The van der Waals surface area contributed by atoms with Gasteiger partial charge in [0.15, 0.2) is 11.6 Å². The van der Waals surface area contributed by atoms with Crippen LogP contribution in [-0.2, 0) is 16.1 Å². The Labute approximate surface area is 402 Å². The number of aromatic nitrogens is 8. The third kappa shape index (κ3) is 11.9. The number of ether oxygens (including phenoxy) is 2. The van der Waals surface area contributed by atoms with Crippen molar-refractivity contribution < 1.29 is 19.1 Å². The summed E-state index contributed by atoms with van der Waals surface area (Å²) >= 11 is 30.2. The minimum Gasteiger partial charge on any atom is -0.495 e. The number of nitrogens with zero attached hydrogens (tertiary/aromatic N) is 11. The number of hydrogen-bond donors (Lipinski definition) is 1. The van der Waals surface area contributed by atoms with Gasteiger partial charge in [-0.05, 0) is 64.1 Å². The molecule has 0 bridgehead atoms. The third-order valence-electron chi connectivity index (χ3n) is 10.9. The van der Waals surface area contributed by atoms with Gasteiger partial charge in [0.25, 0.3) is 0 Å². The molecular formula is C44H49Cl5N12O4. The number of alkyl halides is 1. The van der Waals surface area contributed by atoms with E-state index >= 15 is 0 Å². The van der Waals surface area contributed by atoms with Crippen molar-refractivity contribution in [3.63, 3.8) is 0 Å². The first kappa shape index (κ1) is 49.1. The summed E-state index contributed by atoms with van der Waals surface area (Å²) in [6.07, 6.45) is 6.58. The quantitative estimate of drug-likeness (QED) is 0.139. The van der Waals surface area contributed by atoms with E-state index in [9.17, 15) is 9.59 Å². The second-order valence-corrected chi connectivity index (χ2v) is 16.9. The smallest absolute Gasteiger partial charge is 0.244 e. The van der Waals surface area contributed by atoms with Crippen LogP contribution < -0.4 is 19.3 Å². The van der Waals surface area contributed by atoms with Crippen molar-refractivity contribution in [1.82, 2.24) is 49.7 Å². The summed E-state index contributed by atoms with van der Waals surface area (Å²) in [6.45, 7) is 12.1. The van der Waals surface area contributed by atoms with Crippen LogP contribution in [0, 0.1) is 13.8 Å². The molecule has 65 heavy (non-hydrogen) atoms. The molecule has 0 saturated carbocycles. The van der Waals surface area contributed by atoms with Crippen molar-refractivity contribution in [2.75, 3.05) is 69.2 Å². The first-order valence-corrected chi connectivity index (χ1v) is 22.6. The lowest BCUT2D eigenvalue weighted by atomic mass is 10.1. The van der Waals surface area contributed by atoms with E-state index in [4.69, 9.17) is 67.5 Å². The van der Waals surface area contributed by atoms with Crippen molar-refractivity contribution in [2.24, 2.45) is 0 Å². The van der Waals surface area contributed by atoms with E-state index in [1.54, 1.807) is 55.8 Å². The number of amides is 2. The third-order valence-corrected chi connectivity index (χ3v) is 12.6. The van der Waals surface area contributed by atoms with Gasteiger partial charge in [-0.2, -0.15) is 10.2 Å². The number of carbonyl (C=O) groups is 2. The molecule has 2 aliphatic rings. The second kappa shape index (κ2) is 22.7. The molecule has 6 aromatic rings. The summed E-state index contributed by atoms with van der Waals surface area (Å²) in [7, 11) is 3.20. The number of benzene rings is 2. The molecule has 2 fully saturated rings. The van der Waals surface area contributed by atoms with E-state index in [0.717, 1.165) is 30.2 Å². The van der Waals surface area contributed by atoms with E-state index in [1.807, 2.05) is 73.9 Å². The van der Waals surface area contributed by atoms with Crippen LogP contribution in [0.2, 0.25) is 20.1 Å². The number of nitrogens with one attached hydrogen (secondary N) is 1. The van der Waals surface area contributed by atoms with Crippen LogP contribution in [0.4, 0.5) is 11.4 Å². The van der Waals surface area contributed by atoms with E-state index in [1.165, 1.54) is 0 Å². The van der Waals surface area contributed by atoms with Gasteiger partial charge in [0.1, 0.15) is 35.3 Å². The fourth-order valence-electron chi connectivity index (χ4n) is 7.34. The predicted molar refractivity (Wildman–Crippen MR) is 256 cm³/mol. The number of carbonyl (C=O) groups excluding carboxylic acids is 2. The van der Waals surface area contributed by atoms with Gasteiger partial charge in [-0.15, -0.1) is 11.6 Å². The van der Waals surface area contributed by atoms with E-state index in [-0.39, 0.29) is 36.3 Å². The van der Waals surface area contributed by atoms with Crippen LogP contribution in [0.3, 0.4) is 0 Å². The second-order valence-electron chi connectivity index (χ2n) is 15.1. The van der Waals surface area contributed by atoms with Crippen LogP contribution in [-0.4, -0.2) is 133 Å². The Morgan fingerprint density at radius 2 is 1.17 bits per heavy atom. The molecule has 2 atom stereocenters. The molecule has 0 radical (unpaired) electrons. The lowest BCUT2D eigenvalue weighted by Gasteiger charge is -2.41. The van der Waals surface area contributed by atoms with Crippen LogP contribution in [0.25, 0.3) is 23.0 Å². The van der Waals surface area contributed by atoms with Crippen LogP contribution in [0.1, 0.15) is 25.2 Å². The van der Waals surface area contributed by atoms with Gasteiger partial charge in [0.2, 0.25) is 11.8 Å². The molecule has 4 aromatic heterocycles. The summed E-state index contributed by atoms with van der Waals surface area (Å²) in [5, 5.41) is 13.5. The lowest BCUT2D eigenvalue weighted by Crippen LogP contribution is -2.54. The summed E-state index contributed by atoms with van der Waals surface area (Å²) in [4.78, 5) is 49.5. The van der Waals surface area contributed by atoms with Gasteiger partial charge in [-0.25, -0.2) is 19.9 Å². The molecule has 1 N–H and O–H groups in total. The van der Waals surface area contributed by atoms with Gasteiger partial charge in [0.05, 0.1) is 45.7 Å². The van der Waals surface area contributed by atoms with Crippen molar-refractivity contribution in [1.29, 1.82) is 0 Å². The Morgan fingerprint density at radius 1 is 0.692 bits per heavy atom. The van der Waals surface area contributed by atoms with Crippen molar-refractivity contribution in [2.45, 2.75) is 46.3 Å². The number of methoxy groups -OCH3 is 2. The Kier molecular flexibility index (Phi) is 17.1. The van der Waals surface area contributed by atoms with Gasteiger partial charge in [-0.3, -0.25) is 19.4 Å². The fraction of sp³-hybridized carbons (Fsp3) is 0.364. The zero-order chi connectivity index (χ0) is 46.8. The molecule has 0 aliphatic carbocycles. The number of hydrogen-bond acceptors (Lipinski definition) is 12. The maximum absolute atomic E-state index is 13.1. The zero-order valence-electron chi connectivity index (χ0n) is 36.7. The first-order chi connectivity index (χ1) is 31.2. The SMILES string of the molecule is COc1cc(N2CCN(C(=O)CCl)[C@@H](C)C2)ccc1Cl.COc1cc(N2CCN(C(=O)Cn3nc(-c4ncccn4)c(Cl)c3C)[C@@H](C)C2)ccc1Cl.Cc1[nH]nc(-c2ncccn2)c1Cl. The van der Waals surface area contributed by atoms with E-state index in [0.29, 0.717) is 86.5 Å². The average molecular weight is 987 g/mol. The van der Waals surface area contributed by atoms with Gasteiger partial charge < -0.3 is 29.1 Å². The fourth-order valence-corrected chi connectivity index (χ4v) is 8.27. The number of anilines is 2. The summed E-state index contributed by atoms with van der Waals surface area (Å²) in [6, 6.07) is 15.1. The van der Waals surface area contributed by atoms with Crippen molar-refractivity contribution in [3.05, 3.63) is 105 Å². The predicted octanol–water partition coefficient (Wildman–Crippen LogP) is 8.15. The van der Waals surface area contributed by atoms with E-state index in [2.05, 4.69) is 45.0 Å². The van der Waals surface area contributed by atoms with Crippen LogP contribution in [0.5, 0.6) is 11.5 Å². The molecule has 0 spiro atoms. The highest BCUT2D eigenvalue weighted by Gasteiger charge is 2.30. The highest BCUT2D eigenvalue weighted by molar-refractivity contribution is 6.34. The highest BCUT2D eigenvalue weighted by atomic mass is 35.5. The zero-order valence-corrected chi connectivity index (χ0v) is 40.5. The van der Waals surface area contributed by atoms with Crippen LogP contribution in [0.15, 0.2) is 73.3 Å². The largest absolute Gasteiger partial charge is 0.495 e. The number of piperazine rings is 2. The summed E-state index contributed by atoms with van der Waals surface area (Å²) in [5.41, 5.74) is 4.68. The number of H-pyrrole nitrogens is 1. The first-order valence-electron chi connectivity index (χ1n) is 20.5. The molecule has 2 saturated heterocycles. The summed E-state index contributed by atoms with van der Waals surface area (Å²) < 4.78 is 12.2. The number of aromatic amines is 1. The molecule has 0 unspecified atom stereocenters. The summed E-state index contributed by atoms with van der Waals surface area (Å²) in [5.74, 6) is 2.31. The van der Waals surface area contributed by atoms with Crippen molar-refractivity contribution in [3.8, 4) is 34.5 Å². The number of aryl methyl sites for hydroxylation is 1. The molecule has 344 valence electrons. The van der Waals surface area contributed by atoms with Gasteiger partial charge in [-0.1, -0.05) is 46.4 Å². The maximum atomic E-state index is 13.1. The maximum Gasteiger partial charge on any atom is 0.244 e. The number of halogens is 5. The molecule has 16 nitrogen and oxygen atoms in total. The topological polar surface area (TPSA) is 164 Å². The Balaban J connectivity index is 0.000000180. The molecular weight excluding hydrogens is 938 g/mol. The Morgan fingerprint density at radius 3 is 1.60 bits per heavy atom. The average Bonchev–Trinajstić information content (AvgIpc) is 3.81. The van der Waals surface area contributed by atoms with Gasteiger partial charge in [0, 0.05) is 99.6 Å². The standard InChI is InChI=1S/C22H24Cl2N6O2.C14H18Cl2N2O2.C8H7ClN4/c1-14-12-28(16-5-6-17(23)18(11-16)32-3)9-10-29(14)19(31)13-30-15(2)20(24)21(27-30)22-25-7-4-8-26-22;1-10-9-17(5-6-18(10)14(19)8-15)11-3-4-12(16)13(7-11)20-2;1-5-6(9)7(13-12-5)8-10-3-2-4-11-8/h4-8,11,14H,9-10,12-13H2,1-3H3;3-4,7,10H,5-6,8-9H2,1-2H3;2-4H,1H3,(H,12,13)/t14-;10-;/m00./s1. The van der Waals surface area contributed by atoms with Crippen molar-refractivity contribution >= 4 is 81.2 Å². The molecule has 21 heteroatoms. The molecule has 6 heterocycles. The van der Waals surface area contributed by atoms with E-state index < -0.39 is 0 Å². The lowest BCUT2D eigenvalue weighted by molar-refractivity contribution is -0.134. The van der Waals surface area contributed by atoms with Crippen LogP contribution >= 0.6 is 58.0 Å². The molecule has 2 aliphatic heterocycles. The molecule has 2 aromatic carbocycles. The molecule has 8 rings (SSSR count). The molecule has 2 amide bonds. The van der Waals surface area contributed by atoms with Gasteiger partial charge >= 0.3 is 0 Å². The normalized spacial score (nSPS) is 16.0. The minimum absolute atomic E-state index is 0.00590. The Hall–Kier alpha value is -5.39. The highest BCUT2D eigenvalue weighted by Crippen LogP contribution is 2.33. The monoisotopic (exact) mass is 984 g/mol. The Bertz CT molecular complexity index is 2550. The number of rotatable bonds is 9. The minimum atomic E-state index is -0.00694.